The maximum atomic E-state index is 4.79. The summed E-state index contributed by atoms with van der Waals surface area (Å²) < 4.78 is 0. The van der Waals surface area contributed by atoms with Crippen molar-refractivity contribution < 1.29 is 0 Å². The molecule has 2 heterocycles. The van der Waals surface area contributed by atoms with Gasteiger partial charge in [0.15, 0.2) is 0 Å². The van der Waals surface area contributed by atoms with E-state index in [2.05, 4.69) is 53.6 Å². The number of nitrogens with zero attached hydrogens (tertiary/aromatic N) is 1. The number of aromatic amines is 1. The van der Waals surface area contributed by atoms with Gasteiger partial charge in [0.05, 0.1) is 11.0 Å². The lowest BCUT2D eigenvalue weighted by atomic mass is 9.95. The first kappa shape index (κ1) is 12.6. The van der Waals surface area contributed by atoms with Crippen molar-refractivity contribution in [1.82, 2.24) is 15.3 Å². The molecule has 0 amide bonds. The van der Waals surface area contributed by atoms with Crippen molar-refractivity contribution >= 4 is 11.0 Å². The van der Waals surface area contributed by atoms with Gasteiger partial charge >= 0.3 is 0 Å². The number of hydrogen-bond donors (Lipinski definition) is 2. The van der Waals surface area contributed by atoms with Crippen molar-refractivity contribution in [1.29, 1.82) is 0 Å². The van der Waals surface area contributed by atoms with Gasteiger partial charge in [-0.1, -0.05) is 31.2 Å². The summed E-state index contributed by atoms with van der Waals surface area (Å²) in [5.74, 6) is 0.997. The number of aryl methyl sites for hydroxylation is 1. The van der Waals surface area contributed by atoms with Gasteiger partial charge in [-0.2, -0.15) is 0 Å². The second-order valence-electron chi connectivity index (χ2n) is 5.66. The molecule has 0 spiro atoms. The van der Waals surface area contributed by atoms with Crippen LogP contribution in [0.25, 0.3) is 22.4 Å². The zero-order valence-corrected chi connectivity index (χ0v) is 12.2. The summed E-state index contributed by atoms with van der Waals surface area (Å²) >= 11 is 0. The Hall–Kier alpha value is -2.13. The van der Waals surface area contributed by atoms with Crippen LogP contribution in [0.2, 0.25) is 0 Å². The lowest BCUT2D eigenvalue weighted by molar-refractivity contribution is 0.644. The smallest absolute Gasteiger partial charge is 0.138 e. The zero-order chi connectivity index (χ0) is 14.2. The molecule has 2 N–H and O–H groups in total. The number of benzene rings is 2. The molecule has 4 rings (SSSR count). The van der Waals surface area contributed by atoms with Gasteiger partial charge in [-0.15, -0.1) is 0 Å². The van der Waals surface area contributed by atoms with Gasteiger partial charge in [0.25, 0.3) is 0 Å². The molecule has 0 aliphatic carbocycles. The monoisotopic (exact) mass is 277 g/mol. The molecule has 0 radical (unpaired) electrons. The Balaban J connectivity index is 1.86. The number of aromatic nitrogens is 2. The summed E-state index contributed by atoms with van der Waals surface area (Å²) in [6.45, 7) is 4.19. The molecule has 3 nitrogen and oxygen atoms in total. The van der Waals surface area contributed by atoms with Crippen molar-refractivity contribution in [2.24, 2.45) is 0 Å². The van der Waals surface area contributed by atoms with Crippen molar-refractivity contribution in [2.75, 3.05) is 6.54 Å². The van der Waals surface area contributed by atoms with Gasteiger partial charge in [-0.05, 0) is 48.2 Å². The summed E-state index contributed by atoms with van der Waals surface area (Å²) in [5, 5.41) is 3.43. The number of imidazole rings is 1. The molecule has 106 valence electrons. The Morgan fingerprint density at radius 1 is 1.19 bits per heavy atom. The molecular formula is C18H19N3. The molecule has 1 aromatic heterocycles. The van der Waals surface area contributed by atoms with E-state index in [0.717, 1.165) is 42.8 Å². The fourth-order valence-electron chi connectivity index (χ4n) is 3.16. The van der Waals surface area contributed by atoms with Crippen LogP contribution in [0, 0.1) is 0 Å². The third-order valence-corrected chi connectivity index (χ3v) is 4.35. The normalized spacial score (nSPS) is 14.3. The molecule has 0 saturated heterocycles. The first-order valence-electron chi connectivity index (χ1n) is 7.65. The molecule has 21 heavy (non-hydrogen) atoms. The summed E-state index contributed by atoms with van der Waals surface area (Å²) in [4.78, 5) is 8.30. The minimum Gasteiger partial charge on any atom is -0.338 e. The predicted molar refractivity (Wildman–Crippen MR) is 86.3 cm³/mol. The minimum absolute atomic E-state index is 0.962. The first-order valence-corrected chi connectivity index (χ1v) is 7.65. The number of rotatable bonds is 2. The van der Waals surface area contributed by atoms with E-state index < -0.39 is 0 Å². The van der Waals surface area contributed by atoms with Crippen LogP contribution in [-0.4, -0.2) is 16.5 Å². The Kier molecular flexibility index (Phi) is 3.00. The molecule has 0 unspecified atom stereocenters. The fourth-order valence-corrected chi connectivity index (χ4v) is 3.16. The van der Waals surface area contributed by atoms with Crippen molar-refractivity contribution in [3.05, 3.63) is 53.1 Å². The predicted octanol–water partition coefficient (Wildman–Crippen LogP) is 3.44. The van der Waals surface area contributed by atoms with Crippen LogP contribution in [0.5, 0.6) is 0 Å². The van der Waals surface area contributed by atoms with Crippen LogP contribution in [0.1, 0.15) is 23.6 Å². The van der Waals surface area contributed by atoms with Crippen LogP contribution in [0.3, 0.4) is 0 Å². The molecule has 0 atom stereocenters. The Morgan fingerprint density at radius 2 is 2.14 bits per heavy atom. The van der Waals surface area contributed by atoms with Crippen LogP contribution in [-0.2, 0) is 19.4 Å². The maximum absolute atomic E-state index is 4.79. The molecule has 1 aliphatic heterocycles. The van der Waals surface area contributed by atoms with E-state index in [1.807, 2.05) is 0 Å². The number of fused-ring (bicyclic) bond motifs is 2. The van der Waals surface area contributed by atoms with Gasteiger partial charge < -0.3 is 10.3 Å². The molecule has 0 bridgehead atoms. The molecule has 1 aliphatic rings. The van der Waals surface area contributed by atoms with Gasteiger partial charge in [-0.25, -0.2) is 4.98 Å². The molecule has 2 aromatic carbocycles. The van der Waals surface area contributed by atoms with Gasteiger partial charge in [0, 0.05) is 12.1 Å². The average molecular weight is 277 g/mol. The number of hydrogen-bond acceptors (Lipinski definition) is 2. The summed E-state index contributed by atoms with van der Waals surface area (Å²) in [6, 6.07) is 13.0. The lowest BCUT2D eigenvalue weighted by Crippen LogP contribution is -2.24. The van der Waals surface area contributed by atoms with Gasteiger partial charge in [-0.3, -0.25) is 0 Å². The highest BCUT2D eigenvalue weighted by molar-refractivity contribution is 5.81. The number of H-pyrrole nitrogens is 1. The van der Waals surface area contributed by atoms with E-state index in [9.17, 15) is 0 Å². The SMILES string of the molecule is CCc1ccc2nc(-c3cccc4c3CCNC4)[nH]c2c1. The van der Waals surface area contributed by atoms with E-state index in [0.29, 0.717) is 0 Å². The third kappa shape index (κ3) is 2.14. The molecule has 0 fully saturated rings. The molecule has 3 aromatic rings. The Morgan fingerprint density at radius 3 is 3.05 bits per heavy atom. The summed E-state index contributed by atoms with van der Waals surface area (Å²) in [5.41, 5.74) is 7.62. The van der Waals surface area contributed by atoms with Crippen LogP contribution in [0.15, 0.2) is 36.4 Å². The Labute approximate surface area is 124 Å². The fraction of sp³-hybridized carbons (Fsp3) is 0.278. The number of nitrogens with one attached hydrogen (secondary N) is 2. The lowest BCUT2D eigenvalue weighted by Gasteiger charge is -2.19. The zero-order valence-electron chi connectivity index (χ0n) is 12.2. The highest BCUT2D eigenvalue weighted by Gasteiger charge is 2.15. The van der Waals surface area contributed by atoms with E-state index in [1.54, 1.807) is 0 Å². The second kappa shape index (κ2) is 5.01. The quantitative estimate of drug-likeness (QED) is 0.753. The van der Waals surface area contributed by atoms with Gasteiger partial charge in [0.1, 0.15) is 5.82 Å². The minimum atomic E-state index is 0.962. The van der Waals surface area contributed by atoms with E-state index in [-0.39, 0.29) is 0 Å². The average Bonchev–Trinajstić information content (AvgIpc) is 2.97. The van der Waals surface area contributed by atoms with Crippen LogP contribution >= 0.6 is 0 Å². The van der Waals surface area contributed by atoms with Crippen molar-refractivity contribution in [2.45, 2.75) is 26.3 Å². The Bertz CT molecular complexity index is 801. The standard InChI is InChI=1S/C18H19N3/c1-2-12-6-7-16-17(10-12)21-18(20-16)15-5-3-4-13-11-19-9-8-14(13)15/h3-7,10,19H,2,8-9,11H2,1H3,(H,20,21). The van der Waals surface area contributed by atoms with E-state index >= 15 is 0 Å². The maximum Gasteiger partial charge on any atom is 0.138 e. The molecular weight excluding hydrogens is 258 g/mol. The highest BCUT2D eigenvalue weighted by atomic mass is 14.9. The molecule has 0 saturated carbocycles. The largest absolute Gasteiger partial charge is 0.338 e. The highest BCUT2D eigenvalue weighted by Crippen LogP contribution is 2.28. The van der Waals surface area contributed by atoms with E-state index in [4.69, 9.17) is 4.98 Å². The molecule has 3 heteroatoms. The topological polar surface area (TPSA) is 40.7 Å². The summed E-state index contributed by atoms with van der Waals surface area (Å²) in [7, 11) is 0. The third-order valence-electron chi connectivity index (χ3n) is 4.35. The van der Waals surface area contributed by atoms with E-state index in [1.165, 1.54) is 22.3 Å². The van der Waals surface area contributed by atoms with Gasteiger partial charge in [0.2, 0.25) is 0 Å². The van der Waals surface area contributed by atoms with Crippen LogP contribution < -0.4 is 5.32 Å². The second-order valence-corrected chi connectivity index (χ2v) is 5.66. The van der Waals surface area contributed by atoms with Crippen molar-refractivity contribution in [3.8, 4) is 11.4 Å². The van der Waals surface area contributed by atoms with Crippen LogP contribution in [0.4, 0.5) is 0 Å². The first-order chi connectivity index (χ1) is 10.3. The summed E-state index contributed by atoms with van der Waals surface area (Å²) in [6.07, 6.45) is 2.12. The van der Waals surface area contributed by atoms with Crippen molar-refractivity contribution in [3.63, 3.8) is 0 Å².